The maximum atomic E-state index is 6.70. The molecule has 0 radical (unpaired) electrons. The Morgan fingerprint density at radius 2 is 1.02 bits per heavy atom. The summed E-state index contributed by atoms with van der Waals surface area (Å²) < 4.78 is 21.4. The highest BCUT2D eigenvalue weighted by molar-refractivity contribution is 7.18. The molecule has 0 N–H and O–H groups in total. The average molecular weight is 592 g/mol. The molecule has 40 heavy (non-hydrogen) atoms. The second-order valence-electron chi connectivity index (χ2n) is 11.5. The zero-order chi connectivity index (χ0) is 28.6. The molecule has 1 aromatic carbocycles. The molecule has 0 saturated heterocycles. The molecule has 2 rings (SSSR count). The van der Waals surface area contributed by atoms with Crippen LogP contribution in [0.3, 0.4) is 0 Å². The lowest BCUT2D eigenvalue weighted by molar-refractivity contribution is 0.0547. The van der Waals surface area contributed by atoms with E-state index in [1.807, 2.05) is 11.3 Å². The Balaban J connectivity index is 1.95. The number of nitrogens with zero attached hydrogens (tertiary/aromatic N) is 1. The molecule has 2 aromatic rings. The number of hydrogen-bond donors (Lipinski definition) is 0. The molecule has 0 aliphatic heterocycles. The predicted molar refractivity (Wildman–Crippen MR) is 176 cm³/mol. The summed E-state index contributed by atoms with van der Waals surface area (Å²) in [6, 6.07) is 9.36. The van der Waals surface area contributed by atoms with E-state index in [-0.39, 0.29) is 0 Å². The molecule has 0 aliphatic carbocycles. The van der Waals surface area contributed by atoms with Gasteiger partial charge in [0.15, 0.2) is 0 Å². The molecular weight excluding hydrogens is 531 g/mol. The van der Waals surface area contributed by atoms with Gasteiger partial charge in [0.05, 0.1) is 15.2 Å². The van der Waals surface area contributed by atoms with E-state index in [0.717, 1.165) is 63.5 Å². The summed E-state index contributed by atoms with van der Waals surface area (Å²) in [6.07, 6.45) is 24.9. The van der Waals surface area contributed by atoms with Gasteiger partial charge in [-0.25, -0.2) is 4.98 Å². The molecule has 0 aliphatic rings. The van der Waals surface area contributed by atoms with E-state index in [1.54, 1.807) is 0 Å². The third kappa shape index (κ3) is 16.0. The first-order valence-electron chi connectivity index (χ1n) is 17.0. The van der Waals surface area contributed by atoms with Crippen molar-refractivity contribution in [3.05, 3.63) is 29.3 Å². The number of rotatable bonds is 28. The summed E-state index contributed by atoms with van der Waals surface area (Å²) in [7, 11) is -2.74. The first-order valence-corrected chi connectivity index (χ1v) is 19.7. The highest BCUT2D eigenvalue weighted by atomic mass is 32.1. The van der Waals surface area contributed by atoms with Crippen LogP contribution >= 0.6 is 11.3 Å². The van der Waals surface area contributed by atoms with Crippen molar-refractivity contribution >= 4 is 30.4 Å². The lowest BCUT2D eigenvalue weighted by atomic mass is 10.1. The molecule has 0 atom stereocenters. The van der Waals surface area contributed by atoms with Crippen LogP contribution in [-0.2, 0) is 19.7 Å². The van der Waals surface area contributed by atoms with Crippen LogP contribution in [0.1, 0.15) is 148 Å². The van der Waals surface area contributed by atoms with Crippen molar-refractivity contribution < 1.29 is 13.3 Å². The number of para-hydroxylation sites is 1. The fourth-order valence-electron chi connectivity index (χ4n) is 5.15. The Bertz CT molecular complexity index is 767. The fraction of sp³-hybridized carbons (Fsp3) is 0.794. The van der Waals surface area contributed by atoms with Gasteiger partial charge in [0.2, 0.25) is 0 Å². The number of hydrogen-bond acceptors (Lipinski definition) is 5. The van der Waals surface area contributed by atoms with Crippen molar-refractivity contribution in [3.8, 4) is 0 Å². The van der Waals surface area contributed by atoms with Crippen LogP contribution in [0.15, 0.2) is 24.3 Å². The lowest BCUT2D eigenvalue weighted by Gasteiger charge is -2.30. The van der Waals surface area contributed by atoms with Crippen LogP contribution in [-0.4, -0.2) is 33.6 Å². The molecule has 0 unspecified atom stereocenters. The van der Waals surface area contributed by atoms with Crippen LogP contribution in [0, 0.1) is 0 Å². The van der Waals surface area contributed by atoms with Crippen LogP contribution < -0.4 is 0 Å². The molecule has 6 heteroatoms. The molecule has 1 heterocycles. The van der Waals surface area contributed by atoms with E-state index < -0.39 is 8.80 Å². The smallest absolute Gasteiger partial charge is 0.373 e. The molecule has 0 amide bonds. The first kappa shape index (κ1) is 35.4. The van der Waals surface area contributed by atoms with E-state index in [1.165, 1.54) is 106 Å². The maximum Gasteiger partial charge on any atom is 0.500 e. The van der Waals surface area contributed by atoms with Gasteiger partial charge in [0.1, 0.15) is 0 Å². The number of benzene rings is 1. The highest BCUT2D eigenvalue weighted by Crippen LogP contribution is 2.26. The van der Waals surface area contributed by atoms with Gasteiger partial charge in [-0.05, 0) is 44.2 Å². The van der Waals surface area contributed by atoms with Gasteiger partial charge in [-0.2, -0.15) is 0 Å². The first-order chi connectivity index (χ1) is 19.7. The monoisotopic (exact) mass is 591 g/mol. The third-order valence-corrected chi connectivity index (χ3v) is 11.7. The van der Waals surface area contributed by atoms with Crippen molar-refractivity contribution in [2.45, 2.75) is 155 Å². The minimum absolute atomic E-state index is 0.770. The van der Waals surface area contributed by atoms with Crippen LogP contribution in [0.5, 0.6) is 0 Å². The SMILES string of the molecule is CCCCCCCCO[Si](CCCc1nc2ccccc2s1)(OCCCCCCCC)OCCCCCCCC. The quantitative estimate of drug-likeness (QED) is 0.0729. The summed E-state index contributed by atoms with van der Waals surface area (Å²) in [4.78, 5) is 4.88. The van der Waals surface area contributed by atoms with Gasteiger partial charge in [-0.3, -0.25) is 0 Å². The second-order valence-corrected chi connectivity index (χ2v) is 15.3. The van der Waals surface area contributed by atoms with Gasteiger partial charge in [-0.15, -0.1) is 11.3 Å². The summed E-state index contributed by atoms with van der Waals surface area (Å²) in [6.45, 7) is 9.14. The van der Waals surface area contributed by atoms with Gasteiger partial charge in [0.25, 0.3) is 0 Å². The fourth-order valence-corrected chi connectivity index (χ4v) is 8.82. The number of aryl methyl sites for hydroxylation is 1. The molecule has 0 saturated carbocycles. The minimum Gasteiger partial charge on any atom is -0.373 e. The molecule has 230 valence electrons. The zero-order valence-corrected chi connectivity index (χ0v) is 28.2. The van der Waals surface area contributed by atoms with E-state index >= 15 is 0 Å². The van der Waals surface area contributed by atoms with Crippen molar-refractivity contribution in [2.75, 3.05) is 19.8 Å². The van der Waals surface area contributed by atoms with Crippen molar-refractivity contribution in [2.24, 2.45) is 0 Å². The standard InChI is InChI=1S/C34H61NO3SSi/c1-4-7-10-13-16-21-28-36-40(37-29-22-17-14-11-8-5-2,38-30-23-18-15-12-9-6-3)31-24-27-34-35-32-25-19-20-26-33(32)39-34/h19-20,25-26H,4-18,21-24,27-31H2,1-3H3. The molecule has 0 bridgehead atoms. The van der Waals surface area contributed by atoms with Gasteiger partial charge in [-0.1, -0.05) is 129 Å². The van der Waals surface area contributed by atoms with Gasteiger partial charge in [0, 0.05) is 25.9 Å². The van der Waals surface area contributed by atoms with Crippen molar-refractivity contribution in [1.82, 2.24) is 4.98 Å². The Hall–Kier alpha value is -0.793. The van der Waals surface area contributed by atoms with E-state index in [4.69, 9.17) is 18.3 Å². The number of aromatic nitrogens is 1. The molecule has 4 nitrogen and oxygen atoms in total. The average Bonchev–Trinajstić information content (AvgIpc) is 3.38. The summed E-state index contributed by atoms with van der Waals surface area (Å²) in [5.41, 5.74) is 1.11. The number of thiazole rings is 1. The maximum absolute atomic E-state index is 6.70. The van der Waals surface area contributed by atoms with Gasteiger partial charge >= 0.3 is 8.80 Å². The van der Waals surface area contributed by atoms with E-state index in [9.17, 15) is 0 Å². The second kappa shape index (κ2) is 23.7. The Morgan fingerprint density at radius 3 is 1.50 bits per heavy atom. The number of fused-ring (bicyclic) bond motifs is 1. The predicted octanol–water partition coefficient (Wildman–Crippen LogP) is 11.3. The van der Waals surface area contributed by atoms with E-state index in [2.05, 4.69) is 45.0 Å². The molecular formula is C34H61NO3SSi. The Morgan fingerprint density at radius 1 is 0.575 bits per heavy atom. The Labute approximate surface area is 252 Å². The number of unbranched alkanes of at least 4 members (excludes halogenated alkanes) is 15. The topological polar surface area (TPSA) is 40.6 Å². The van der Waals surface area contributed by atoms with E-state index in [0.29, 0.717) is 0 Å². The zero-order valence-electron chi connectivity index (χ0n) is 26.4. The van der Waals surface area contributed by atoms with Gasteiger partial charge < -0.3 is 13.3 Å². The van der Waals surface area contributed by atoms with Crippen LogP contribution in [0.25, 0.3) is 10.2 Å². The molecule has 1 aromatic heterocycles. The highest BCUT2D eigenvalue weighted by Gasteiger charge is 2.40. The molecule has 0 spiro atoms. The van der Waals surface area contributed by atoms with Crippen molar-refractivity contribution in [1.29, 1.82) is 0 Å². The largest absolute Gasteiger partial charge is 0.500 e. The minimum atomic E-state index is -2.74. The Kier molecular flexibility index (Phi) is 21.0. The third-order valence-electron chi connectivity index (χ3n) is 7.67. The normalized spacial score (nSPS) is 12.1. The summed E-state index contributed by atoms with van der Waals surface area (Å²) >= 11 is 1.82. The summed E-state index contributed by atoms with van der Waals surface area (Å²) in [5.74, 6) is 0. The van der Waals surface area contributed by atoms with Crippen LogP contribution in [0.2, 0.25) is 6.04 Å². The lowest BCUT2D eigenvalue weighted by Crippen LogP contribution is -2.46. The van der Waals surface area contributed by atoms with Crippen molar-refractivity contribution in [3.63, 3.8) is 0 Å². The molecule has 0 fully saturated rings. The summed E-state index contributed by atoms with van der Waals surface area (Å²) in [5, 5.41) is 1.21. The van der Waals surface area contributed by atoms with Crippen LogP contribution in [0.4, 0.5) is 0 Å².